The van der Waals surface area contributed by atoms with Gasteiger partial charge in [0.05, 0.1) is 0 Å². The highest BCUT2D eigenvalue weighted by atomic mass is 16.2. The molecular weight excluding hydrogens is 336 g/mol. The summed E-state index contributed by atoms with van der Waals surface area (Å²) in [6.07, 6.45) is 2.79. The lowest BCUT2D eigenvalue weighted by Gasteiger charge is -2.16. The van der Waals surface area contributed by atoms with Crippen molar-refractivity contribution in [1.82, 2.24) is 15.4 Å². The molecule has 1 aromatic carbocycles. The highest BCUT2D eigenvalue weighted by Crippen LogP contribution is 2.22. The van der Waals surface area contributed by atoms with E-state index in [1.807, 2.05) is 0 Å². The van der Waals surface area contributed by atoms with Gasteiger partial charge in [0.1, 0.15) is 6.54 Å². The standard InChI is InChI=1S/C18H18N4O4/c23-15(12-21-9-2-1-7-16(21)24)19-20-18(26)13-5-3-6-14(11-13)22-10-4-8-17(22)25/h1-3,5-7,9,11H,4,8,10,12H2,(H,19,23)(H,20,26). The Morgan fingerprint density at radius 1 is 1.04 bits per heavy atom. The van der Waals surface area contributed by atoms with E-state index >= 15 is 0 Å². The summed E-state index contributed by atoms with van der Waals surface area (Å²) < 4.78 is 1.22. The number of hydrogen-bond donors (Lipinski definition) is 2. The number of anilines is 1. The maximum Gasteiger partial charge on any atom is 0.269 e. The third-order valence-electron chi connectivity index (χ3n) is 4.02. The molecule has 3 rings (SSSR count). The van der Waals surface area contributed by atoms with E-state index in [-0.39, 0.29) is 18.0 Å². The molecule has 134 valence electrons. The lowest BCUT2D eigenvalue weighted by molar-refractivity contribution is -0.122. The van der Waals surface area contributed by atoms with Crippen molar-refractivity contribution >= 4 is 23.4 Å². The van der Waals surface area contributed by atoms with Crippen LogP contribution in [0, 0.1) is 0 Å². The third-order valence-corrected chi connectivity index (χ3v) is 4.02. The fourth-order valence-corrected chi connectivity index (χ4v) is 2.72. The van der Waals surface area contributed by atoms with Crippen LogP contribution in [-0.4, -0.2) is 28.8 Å². The number of rotatable bonds is 4. The molecule has 2 heterocycles. The lowest BCUT2D eigenvalue weighted by Crippen LogP contribution is -2.44. The Hall–Kier alpha value is -3.42. The van der Waals surface area contributed by atoms with E-state index in [1.54, 1.807) is 41.3 Å². The summed E-state index contributed by atoms with van der Waals surface area (Å²) >= 11 is 0. The summed E-state index contributed by atoms with van der Waals surface area (Å²) in [6.45, 7) is 0.425. The molecule has 1 fully saturated rings. The Bertz CT molecular complexity index is 906. The summed E-state index contributed by atoms with van der Waals surface area (Å²) in [6, 6.07) is 11.2. The first-order valence-electron chi connectivity index (χ1n) is 8.20. The van der Waals surface area contributed by atoms with E-state index in [9.17, 15) is 19.2 Å². The van der Waals surface area contributed by atoms with E-state index in [1.165, 1.54) is 16.8 Å². The Kier molecular flexibility index (Phi) is 5.12. The minimum absolute atomic E-state index is 0.0316. The van der Waals surface area contributed by atoms with Gasteiger partial charge in [0, 0.05) is 36.5 Å². The summed E-state index contributed by atoms with van der Waals surface area (Å²) in [5.74, 6) is -1.01. The van der Waals surface area contributed by atoms with Gasteiger partial charge in [-0.2, -0.15) is 0 Å². The maximum atomic E-state index is 12.2. The number of nitrogens with zero attached hydrogens (tertiary/aromatic N) is 2. The van der Waals surface area contributed by atoms with Gasteiger partial charge < -0.3 is 9.47 Å². The first kappa shape index (κ1) is 17.4. The SMILES string of the molecule is O=C(Cn1ccccc1=O)NNC(=O)c1cccc(N2CCCC2=O)c1. The Labute approximate surface area is 149 Å². The summed E-state index contributed by atoms with van der Waals surface area (Å²) in [4.78, 5) is 49.1. The molecule has 0 aliphatic carbocycles. The average molecular weight is 354 g/mol. The number of amides is 3. The number of hydrogen-bond acceptors (Lipinski definition) is 4. The molecule has 2 N–H and O–H groups in total. The molecule has 0 unspecified atom stereocenters. The van der Waals surface area contributed by atoms with E-state index in [0.717, 1.165) is 6.42 Å². The van der Waals surface area contributed by atoms with E-state index in [4.69, 9.17) is 0 Å². The molecule has 26 heavy (non-hydrogen) atoms. The second kappa shape index (κ2) is 7.64. The molecule has 0 saturated carbocycles. The summed E-state index contributed by atoms with van der Waals surface area (Å²) in [7, 11) is 0. The summed E-state index contributed by atoms with van der Waals surface area (Å²) in [5, 5.41) is 0. The molecule has 8 nitrogen and oxygen atoms in total. The van der Waals surface area contributed by atoms with Gasteiger partial charge in [-0.05, 0) is 30.7 Å². The molecule has 0 bridgehead atoms. The van der Waals surface area contributed by atoms with Crippen LogP contribution in [0.3, 0.4) is 0 Å². The Balaban J connectivity index is 1.60. The number of aromatic nitrogens is 1. The predicted octanol–water partition coefficient (Wildman–Crippen LogP) is 0.436. The third kappa shape index (κ3) is 3.97. The quantitative estimate of drug-likeness (QED) is 0.778. The number of benzene rings is 1. The second-order valence-corrected chi connectivity index (χ2v) is 5.87. The van der Waals surface area contributed by atoms with Gasteiger partial charge in [-0.15, -0.1) is 0 Å². The largest absolute Gasteiger partial charge is 0.312 e. The van der Waals surface area contributed by atoms with Gasteiger partial charge in [0.25, 0.3) is 17.4 Å². The molecule has 0 atom stereocenters. The van der Waals surface area contributed by atoms with Gasteiger partial charge in [0.15, 0.2) is 0 Å². The molecule has 0 spiro atoms. The topological polar surface area (TPSA) is 101 Å². The van der Waals surface area contributed by atoms with Crippen molar-refractivity contribution in [2.45, 2.75) is 19.4 Å². The molecule has 3 amide bonds. The monoisotopic (exact) mass is 354 g/mol. The van der Waals surface area contributed by atoms with Crippen molar-refractivity contribution < 1.29 is 14.4 Å². The molecule has 8 heteroatoms. The fraction of sp³-hybridized carbons (Fsp3) is 0.222. The number of nitrogens with one attached hydrogen (secondary N) is 2. The zero-order valence-electron chi connectivity index (χ0n) is 14.0. The van der Waals surface area contributed by atoms with Gasteiger partial charge >= 0.3 is 0 Å². The lowest BCUT2D eigenvalue weighted by atomic mass is 10.2. The fourth-order valence-electron chi connectivity index (χ4n) is 2.72. The highest BCUT2D eigenvalue weighted by Gasteiger charge is 2.22. The zero-order valence-corrected chi connectivity index (χ0v) is 14.0. The van der Waals surface area contributed by atoms with E-state index < -0.39 is 11.8 Å². The van der Waals surface area contributed by atoms with E-state index in [0.29, 0.717) is 24.2 Å². The predicted molar refractivity (Wildman–Crippen MR) is 94.3 cm³/mol. The van der Waals surface area contributed by atoms with E-state index in [2.05, 4.69) is 10.9 Å². The summed E-state index contributed by atoms with van der Waals surface area (Å²) in [5.41, 5.74) is 5.25. The Morgan fingerprint density at radius 2 is 1.88 bits per heavy atom. The molecule has 1 aliphatic heterocycles. The molecule has 2 aromatic rings. The van der Waals surface area contributed by atoms with Crippen molar-refractivity contribution in [3.63, 3.8) is 0 Å². The van der Waals surface area contributed by atoms with Crippen LogP contribution in [0.1, 0.15) is 23.2 Å². The molecule has 1 aliphatic rings. The Morgan fingerprint density at radius 3 is 2.62 bits per heavy atom. The highest BCUT2D eigenvalue weighted by molar-refractivity contribution is 5.99. The number of hydrazine groups is 1. The van der Waals surface area contributed by atoms with Crippen LogP contribution in [-0.2, 0) is 16.1 Å². The smallest absolute Gasteiger partial charge is 0.269 e. The van der Waals surface area contributed by atoms with Crippen molar-refractivity contribution in [3.8, 4) is 0 Å². The number of carbonyl (C=O) groups is 3. The number of pyridine rings is 1. The van der Waals surface area contributed by atoms with Crippen molar-refractivity contribution in [3.05, 3.63) is 64.6 Å². The normalized spacial score (nSPS) is 13.5. The van der Waals surface area contributed by atoms with Crippen molar-refractivity contribution in [1.29, 1.82) is 0 Å². The first-order chi connectivity index (χ1) is 12.5. The van der Waals surface area contributed by atoms with Gasteiger partial charge in [-0.25, -0.2) is 0 Å². The molecular formula is C18H18N4O4. The maximum absolute atomic E-state index is 12.2. The van der Waals surface area contributed by atoms with Crippen LogP contribution in [0.5, 0.6) is 0 Å². The zero-order chi connectivity index (χ0) is 18.5. The van der Waals surface area contributed by atoms with Crippen LogP contribution in [0.25, 0.3) is 0 Å². The first-order valence-corrected chi connectivity index (χ1v) is 8.20. The molecule has 0 radical (unpaired) electrons. The van der Waals surface area contributed by atoms with Gasteiger partial charge in [-0.1, -0.05) is 12.1 Å². The molecule has 1 saturated heterocycles. The van der Waals surface area contributed by atoms with Crippen LogP contribution < -0.4 is 21.3 Å². The van der Waals surface area contributed by atoms with Crippen LogP contribution >= 0.6 is 0 Å². The van der Waals surface area contributed by atoms with Gasteiger partial charge in [0.2, 0.25) is 5.91 Å². The van der Waals surface area contributed by atoms with Crippen LogP contribution in [0.15, 0.2) is 53.5 Å². The van der Waals surface area contributed by atoms with Crippen LogP contribution in [0.4, 0.5) is 5.69 Å². The van der Waals surface area contributed by atoms with Gasteiger partial charge in [-0.3, -0.25) is 30.0 Å². The van der Waals surface area contributed by atoms with Crippen molar-refractivity contribution in [2.75, 3.05) is 11.4 Å². The number of carbonyl (C=O) groups excluding carboxylic acids is 3. The average Bonchev–Trinajstić information content (AvgIpc) is 3.08. The minimum Gasteiger partial charge on any atom is -0.312 e. The second-order valence-electron chi connectivity index (χ2n) is 5.87. The molecule has 1 aromatic heterocycles. The van der Waals surface area contributed by atoms with Crippen LogP contribution in [0.2, 0.25) is 0 Å². The van der Waals surface area contributed by atoms with Crippen molar-refractivity contribution in [2.24, 2.45) is 0 Å². The minimum atomic E-state index is -0.530.